The first-order valence-electron chi connectivity index (χ1n) is 1.77. The van der Waals surface area contributed by atoms with Crippen molar-refractivity contribution in [3.05, 3.63) is 0 Å². The number of nitrogens with zero attached hydrogens (tertiary/aromatic N) is 1. The lowest BCUT2D eigenvalue weighted by atomic mass is 10.5. The second-order valence-electron chi connectivity index (χ2n) is 0.840. The van der Waals surface area contributed by atoms with E-state index in [1.165, 1.54) is 0 Å². The third-order valence-electron chi connectivity index (χ3n) is 0.375. The molecule has 0 aromatic carbocycles. The molecule has 0 bridgehead atoms. The third kappa shape index (κ3) is 5.97. The van der Waals surface area contributed by atoms with E-state index in [9.17, 15) is 0 Å². The summed E-state index contributed by atoms with van der Waals surface area (Å²) in [5.41, 5.74) is 0. The SMILES string of the molecule is N#CCCO[PH]=S. The van der Waals surface area contributed by atoms with E-state index < -0.39 is 0 Å². The Morgan fingerprint density at radius 2 is 2.57 bits per heavy atom. The molecule has 0 aliphatic rings. The van der Waals surface area contributed by atoms with Crippen molar-refractivity contribution in [3.63, 3.8) is 0 Å². The minimum absolute atomic E-state index is 0.0998. The van der Waals surface area contributed by atoms with Crippen LogP contribution >= 0.6 is 7.58 Å². The van der Waals surface area contributed by atoms with Crippen LogP contribution in [0.5, 0.6) is 0 Å². The monoisotopic (exact) mass is 134 g/mol. The smallest absolute Gasteiger partial charge is 0.0703 e. The van der Waals surface area contributed by atoms with Gasteiger partial charge in [-0.1, -0.05) is 0 Å². The van der Waals surface area contributed by atoms with Gasteiger partial charge in [0.15, 0.2) is 0 Å². The summed E-state index contributed by atoms with van der Waals surface area (Å²) >= 11 is 4.46. The topological polar surface area (TPSA) is 33.0 Å². The van der Waals surface area contributed by atoms with Gasteiger partial charge in [0.05, 0.1) is 19.1 Å². The van der Waals surface area contributed by atoms with Gasteiger partial charge >= 0.3 is 0 Å². The highest BCUT2D eigenvalue weighted by molar-refractivity contribution is 7.94. The van der Waals surface area contributed by atoms with E-state index in [1.54, 1.807) is 0 Å². The van der Waals surface area contributed by atoms with E-state index in [1.807, 2.05) is 6.07 Å². The van der Waals surface area contributed by atoms with Crippen LogP contribution in [-0.4, -0.2) is 6.61 Å². The lowest BCUT2D eigenvalue weighted by Crippen LogP contribution is -1.77. The number of hydrogen-bond acceptors (Lipinski definition) is 3. The zero-order chi connectivity index (χ0) is 5.54. The van der Waals surface area contributed by atoms with Gasteiger partial charge in [0.1, 0.15) is 0 Å². The van der Waals surface area contributed by atoms with Crippen LogP contribution in [0.25, 0.3) is 0 Å². The van der Waals surface area contributed by atoms with E-state index in [-0.39, 0.29) is 7.58 Å². The summed E-state index contributed by atoms with van der Waals surface area (Å²) in [6, 6.07) is 1.94. The summed E-state index contributed by atoms with van der Waals surface area (Å²) in [5.74, 6) is 0. The lowest BCUT2D eigenvalue weighted by molar-refractivity contribution is 0.382. The molecule has 0 spiro atoms. The van der Waals surface area contributed by atoms with E-state index >= 15 is 0 Å². The number of hydrogen-bond donors (Lipinski definition) is 0. The van der Waals surface area contributed by atoms with Crippen molar-refractivity contribution in [2.24, 2.45) is 0 Å². The molecule has 0 heterocycles. The van der Waals surface area contributed by atoms with Gasteiger partial charge in [-0.05, 0) is 11.8 Å². The van der Waals surface area contributed by atoms with Gasteiger partial charge in [-0.2, -0.15) is 5.26 Å². The average Bonchev–Trinajstić information content (AvgIpc) is 1.69. The van der Waals surface area contributed by atoms with Gasteiger partial charge in [0.2, 0.25) is 0 Å². The zero-order valence-electron chi connectivity index (χ0n) is 3.68. The van der Waals surface area contributed by atoms with Crippen molar-refractivity contribution >= 4 is 19.4 Å². The molecule has 0 aliphatic heterocycles. The Morgan fingerprint density at radius 1 is 1.86 bits per heavy atom. The molecule has 0 saturated carbocycles. The van der Waals surface area contributed by atoms with Crippen molar-refractivity contribution < 1.29 is 4.52 Å². The van der Waals surface area contributed by atoms with Gasteiger partial charge in [-0.3, -0.25) is 0 Å². The van der Waals surface area contributed by atoms with Crippen LogP contribution in [-0.2, 0) is 16.3 Å². The molecule has 4 heteroatoms. The minimum atomic E-state index is 0.0998. The van der Waals surface area contributed by atoms with Gasteiger partial charge in [-0.25, -0.2) is 0 Å². The first-order chi connectivity index (χ1) is 3.41. The van der Waals surface area contributed by atoms with Crippen LogP contribution in [0, 0.1) is 11.3 Å². The highest BCUT2D eigenvalue weighted by atomic mass is 32.4. The summed E-state index contributed by atoms with van der Waals surface area (Å²) in [6.45, 7) is 0.485. The standard InChI is InChI=1S/C3H5NOPS/c4-2-1-3-5-6-7/h6H,1,3H2. The molecular formula is C3H5NOPS. The van der Waals surface area contributed by atoms with Crippen molar-refractivity contribution in [1.82, 2.24) is 0 Å². The molecule has 0 saturated heterocycles. The molecule has 0 fully saturated rings. The van der Waals surface area contributed by atoms with Crippen molar-refractivity contribution in [3.8, 4) is 6.07 Å². The van der Waals surface area contributed by atoms with Crippen LogP contribution < -0.4 is 0 Å². The maximum absolute atomic E-state index is 7.93. The Morgan fingerprint density at radius 3 is 3.00 bits per heavy atom. The predicted octanol–water partition coefficient (Wildman–Crippen LogP) is 0.972. The van der Waals surface area contributed by atoms with E-state index in [4.69, 9.17) is 9.79 Å². The van der Waals surface area contributed by atoms with Crippen LogP contribution in [0.3, 0.4) is 0 Å². The second kappa shape index (κ2) is 5.97. The van der Waals surface area contributed by atoms with Gasteiger partial charge in [0.25, 0.3) is 0 Å². The van der Waals surface area contributed by atoms with Crippen LogP contribution in [0.15, 0.2) is 0 Å². The highest BCUT2D eigenvalue weighted by Gasteiger charge is 1.76. The minimum Gasteiger partial charge on any atom is -0.328 e. The Bertz CT molecular complexity index is 89.4. The Balaban J connectivity index is 2.72. The molecule has 1 radical (unpaired) electrons. The largest absolute Gasteiger partial charge is 0.328 e. The molecular weight excluding hydrogens is 129 g/mol. The van der Waals surface area contributed by atoms with Gasteiger partial charge < -0.3 is 4.52 Å². The van der Waals surface area contributed by atoms with Crippen molar-refractivity contribution in [2.45, 2.75) is 6.42 Å². The van der Waals surface area contributed by atoms with Gasteiger partial charge in [0, 0.05) is 7.58 Å². The first-order valence-corrected chi connectivity index (χ1v) is 3.82. The van der Waals surface area contributed by atoms with Crippen LogP contribution in [0.1, 0.15) is 6.42 Å². The maximum atomic E-state index is 7.93. The number of rotatable bonds is 3. The molecule has 0 N–H and O–H groups in total. The maximum Gasteiger partial charge on any atom is 0.0703 e. The van der Waals surface area contributed by atoms with E-state index in [0.29, 0.717) is 13.0 Å². The fraction of sp³-hybridized carbons (Fsp3) is 0.667. The van der Waals surface area contributed by atoms with E-state index in [0.717, 1.165) is 0 Å². The fourth-order valence-corrected chi connectivity index (χ4v) is 0.574. The molecule has 0 aromatic heterocycles. The van der Waals surface area contributed by atoms with Crippen LogP contribution in [0.4, 0.5) is 0 Å². The zero-order valence-corrected chi connectivity index (χ0v) is 5.49. The van der Waals surface area contributed by atoms with Gasteiger partial charge in [-0.15, -0.1) is 0 Å². The van der Waals surface area contributed by atoms with Crippen molar-refractivity contribution in [2.75, 3.05) is 6.61 Å². The van der Waals surface area contributed by atoms with Crippen molar-refractivity contribution in [1.29, 1.82) is 5.26 Å². The number of nitriles is 1. The molecule has 39 valence electrons. The third-order valence-corrected chi connectivity index (χ3v) is 1.05. The molecule has 0 aromatic rings. The quantitative estimate of drug-likeness (QED) is 0.426. The molecule has 1 unspecified atom stereocenters. The second-order valence-corrected chi connectivity index (χ2v) is 1.80. The Hall–Kier alpha value is -0.0300. The molecule has 7 heavy (non-hydrogen) atoms. The molecule has 2 nitrogen and oxygen atoms in total. The molecule has 0 aliphatic carbocycles. The summed E-state index contributed by atoms with van der Waals surface area (Å²) in [4.78, 5) is 0. The summed E-state index contributed by atoms with van der Waals surface area (Å²) in [5, 5.41) is 7.93. The molecule has 0 amide bonds. The highest BCUT2D eigenvalue weighted by Crippen LogP contribution is 1.93. The lowest BCUT2D eigenvalue weighted by Gasteiger charge is -1.83. The Labute approximate surface area is 49.0 Å². The summed E-state index contributed by atoms with van der Waals surface area (Å²) in [6.07, 6.45) is 0.448. The molecule has 0 rings (SSSR count). The Kier molecular flexibility index (Phi) is 5.94. The fourth-order valence-electron chi connectivity index (χ4n) is 0.138. The summed E-state index contributed by atoms with van der Waals surface area (Å²) < 4.78 is 4.69. The normalized spacial score (nSPS) is 8.43. The predicted molar refractivity (Wildman–Crippen MR) is 31.9 cm³/mol. The van der Waals surface area contributed by atoms with E-state index in [2.05, 4.69) is 11.8 Å². The van der Waals surface area contributed by atoms with Crippen LogP contribution in [0.2, 0.25) is 0 Å². The summed E-state index contributed by atoms with van der Waals surface area (Å²) in [7, 11) is 0.0998. The first kappa shape index (κ1) is 6.97. The average molecular weight is 134 g/mol. The molecule has 1 atom stereocenters.